The third-order valence-corrected chi connectivity index (χ3v) is 4.36. The Kier molecular flexibility index (Phi) is 5.40. The molecule has 8 heteroatoms. The summed E-state index contributed by atoms with van der Waals surface area (Å²) in [5.74, 6) is -0.341. The van der Waals surface area contributed by atoms with Gasteiger partial charge in [-0.3, -0.25) is 14.6 Å². The molecule has 130 valence electrons. The van der Waals surface area contributed by atoms with Crippen LogP contribution in [0.2, 0.25) is 10.0 Å². The molecule has 2 amide bonds. The predicted molar refractivity (Wildman–Crippen MR) is 98.5 cm³/mol. The highest BCUT2D eigenvalue weighted by Crippen LogP contribution is 2.23. The Morgan fingerprint density at radius 2 is 1.76 bits per heavy atom. The number of hydrogen-bond donors (Lipinski definition) is 1. The summed E-state index contributed by atoms with van der Waals surface area (Å²) in [5, 5.41) is 3.63. The van der Waals surface area contributed by atoms with Gasteiger partial charge in [-0.05, 0) is 30.3 Å². The number of amides is 2. The van der Waals surface area contributed by atoms with Crippen LogP contribution in [0.4, 0.5) is 11.4 Å². The van der Waals surface area contributed by atoms with Crippen LogP contribution in [0.25, 0.3) is 0 Å². The predicted octanol–water partition coefficient (Wildman–Crippen LogP) is 2.92. The number of pyridine rings is 1. The van der Waals surface area contributed by atoms with E-state index < -0.39 is 0 Å². The number of carbonyl (C=O) groups excluding carboxylic acids is 2. The fraction of sp³-hybridized carbons (Fsp3) is 0.235. The van der Waals surface area contributed by atoms with Crippen molar-refractivity contribution < 1.29 is 9.59 Å². The largest absolute Gasteiger partial charge is 0.368 e. The molecule has 1 fully saturated rings. The van der Waals surface area contributed by atoms with Gasteiger partial charge in [-0.2, -0.15) is 0 Å². The Morgan fingerprint density at radius 3 is 2.40 bits per heavy atom. The van der Waals surface area contributed by atoms with E-state index in [2.05, 4.69) is 15.2 Å². The Bertz CT molecular complexity index is 772. The van der Waals surface area contributed by atoms with Crippen molar-refractivity contribution >= 4 is 46.9 Å². The van der Waals surface area contributed by atoms with Crippen molar-refractivity contribution in [1.82, 2.24) is 9.88 Å². The smallest absolute Gasteiger partial charge is 0.274 e. The standard InChI is InChI=1S/C17H16Cl2N4O2/c18-12-7-13(19)9-14(8-12)21-17(25)16-10-15(1-2-20-16)23-5-3-22(11-24)4-6-23/h1-2,7-11H,3-6H2,(H,21,25). The molecule has 1 N–H and O–H groups in total. The molecule has 1 aliphatic heterocycles. The molecular weight excluding hydrogens is 363 g/mol. The number of nitrogens with zero attached hydrogens (tertiary/aromatic N) is 3. The zero-order valence-corrected chi connectivity index (χ0v) is 14.8. The molecule has 0 aliphatic carbocycles. The third kappa shape index (κ3) is 4.41. The number of halogens is 2. The van der Waals surface area contributed by atoms with Gasteiger partial charge in [0.2, 0.25) is 6.41 Å². The molecule has 1 aliphatic rings. The third-order valence-electron chi connectivity index (χ3n) is 3.93. The number of nitrogens with one attached hydrogen (secondary N) is 1. The molecule has 1 aromatic heterocycles. The number of hydrogen-bond acceptors (Lipinski definition) is 4. The number of anilines is 2. The van der Waals surface area contributed by atoms with Gasteiger partial charge in [0.25, 0.3) is 5.91 Å². The van der Waals surface area contributed by atoms with E-state index in [0.29, 0.717) is 47.6 Å². The molecule has 1 aromatic carbocycles. The number of carbonyl (C=O) groups is 2. The highest BCUT2D eigenvalue weighted by Gasteiger charge is 2.17. The SMILES string of the molecule is O=CN1CCN(c2ccnc(C(=O)Nc3cc(Cl)cc(Cl)c3)c2)CC1. The van der Waals surface area contributed by atoms with Crippen molar-refractivity contribution in [3.63, 3.8) is 0 Å². The van der Waals surface area contributed by atoms with Crippen molar-refractivity contribution in [1.29, 1.82) is 0 Å². The minimum atomic E-state index is -0.341. The fourth-order valence-corrected chi connectivity index (χ4v) is 3.17. The summed E-state index contributed by atoms with van der Waals surface area (Å²) in [6.45, 7) is 2.75. The van der Waals surface area contributed by atoms with Gasteiger partial charge in [-0.15, -0.1) is 0 Å². The molecule has 2 heterocycles. The summed E-state index contributed by atoms with van der Waals surface area (Å²) >= 11 is 11.9. The first kappa shape index (κ1) is 17.5. The molecule has 0 saturated carbocycles. The van der Waals surface area contributed by atoms with Crippen LogP contribution < -0.4 is 10.2 Å². The van der Waals surface area contributed by atoms with Gasteiger partial charge in [0.05, 0.1) is 0 Å². The Labute approximate surface area is 155 Å². The average molecular weight is 379 g/mol. The zero-order chi connectivity index (χ0) is 17.8. The van der Waals surface area contributed by atoms with Crippen LogP contribution in [0.15, 0.2) is 36.5 Å². The van der Waals surface area contributed by atoms with Gasteiger partial charge < -0.3 is 15.1 Å². The van der Waals surface area contributed by atoms with Crippen LogP contribution >= 0.6 is 23.2 Å². The van der Waals surface area contributed by atoms with Crippen molar-refractivity contribution in [2.24, 2.45) is 0 Å². The lowest BCUT2D eigenvalue weighted by molar-refractivity contribution is -0.118. The quantitative estimate of drug-likeness (QED) is 0.830. The molecule has 0 unspecified atom stereocenters. The van der Waals surface area contributed by atoms with Gasteiger partial charge in [0.1, 0.15) is 5.69 Å². The first-order valence-electron chi connectivity index (χ1n) is 7.73. The van der Waals surface area contributed by atoms with E-state index in [1.807, 2.05) is 6.07 Å². The Balaban J connectivity index is 1.72. The van der Waals surface area contributed by atoms with Gasteiger partial charge in [0, 0.05) is 53.8 Å². The topological polar surface area (TPSA) is 65.5 Å². The molecule has 0 spiro atoms. The second kappa shape index (κ2) is 7.72. The van der Waals surface area contributed by atoms with Crippen molar-refractivity contribution in [3.05, 3.63) is 52.3 Å². The number of piperazine rings is 1. The molecule has 0 bridgehead atoms. The lowest BCUT2D eigenvalue weighted by Gasteiger charge is -2.34. The molecule has 2 aromatic rings. The highest BCUT2D eigenvalue weighted by atomic mass is 35.5. The summed E-state index contributed by atoms with van der Waals surface area (Å²) in [6, 6.07) is 8.42. The zero-order valence-electron chi connectivity index (χ0n) is 13.3. The van der Waals surface area contributed by atoms with Gasteiger partial charge in [-0.1, -0.05) is 23.2 Å². The van der Waals surface area contributed by atoms with E-state index in [1.54, 1.807) is 35.4 Å². The van der Waals surface area contributed by atoms with Crippen molar-refractivity contribution in [3.8, 4) is 0 Å². The minimum Gasteiger partial charge on any atom is -0.368 e. The van der Waals surface area contributed by atoms with Crippen LogP contribution in [0.5, 0.6) is 0 Å². The molecule has 1 saturated heterocycles. The van der Waals surface area contributed by atoms with E-state index in [9.17, 15) is 9.59 Å². The number of aromatic nitrogens is 1. The number of rotatable bonds is 4. The van der Waals surface area contributed by atoms with Crippen LogP contribution in [-0.2, 0) is 4.79 Å². The van der Waals surface area contributed by atoms with E-state index in [4.69, 9.17) is 23.2 Å². The van der Waals surface area contributed by atoms with Crippen LogP contribution in [0.1, 0.15) is 10.5 Å². The molecule has 6 nitrogen and oxygen atoms in total. The van der Waals surface area contributed by atoms with Crippen LogP contribution in [0.3, 0.4) is 0 Å². The normalized spacial score (nSPS) is 14.3. The molecule has 3 rings (SSSR count). The van der Waals surface area contributed by atoms with Crippen LogP contribution in [0, 0.1) is 0 Å². The van der Waals surface area contributed by atoms with Gasteiger partial charge in [-0.25, -0.2) is 0 Å². The molecule has 25 heavy (non-hydrogen) atoms. The summed E-state index contributed by atoms with van der Waals surface area (Å²) < 4.78 is 0. The average Bonchev–Trinajstić information content (AvgIpc) is 2.61. The maximum absolute atomic E-state index is 12.4. The monoisotopic (exact) mass is 378 g/mol. The van der Waals surface area contributed by atoms with Crippen molar-refractivity contribution in [2.45, 2.75) is 0 Å². The lowest BCUT2D eigenvalue weighted by Crippen LogP contribution is -2.45. The Morgan fingerprint density at radius 1 is 1.08 bits per heavy atom. The van der Waals surface area contributed by atoms with Crippen LogP contribution in [-0.4, -0.2) is 48.4 Å². The Hall–Kier alpha value is -2.31. The fourth-order valence-electron chi connectivity index (χ4n) is 2.65. The lowest BCUT2D eigenvalue weighted by atomic mass is 10.2. The first-order chi connectivity index (χ1) is 12.0. The maximum Gasteiger partial charge on any atom is 0.274 e. The van der Waals surface area contributed by atoms with E-state index in [0.717, 1.165) is 12.1 Å². The summed E-state index contributed by atoms with van der Waals surface area (Å²) in [5.41, 5.74) is 1.70. The second-order valence-corrected chi connectivity index (χ2v) is 6.51. The van der Waals surface area contributed by atoms with E-state index in [1.165, 1.54) is 0 Å². The first-order valence-corrected chi connectivity index (χ1v) is 8.48. The maximum atomic E-state index is 12.4. The van der Waals surface area contributed by atoms with E-state index in [-0.39, 0.29) is 5.91 Å². The highest BCUT2D eigenvalue weighted by molar-refractivity contribution is 6.35. The molecule has 0 radical (unpaired) electrons. The van der Waals surface area contributed by atoms with Gasteiger partial charge in [0.15, 0.2) is 0 Å². The molecular formula is C17H16Cl2N4O2. The summed E-state index contributed by atoms with van der Waals surface area (Å²) in [6.07, 6.45) is 2.46. The number of benzene rings is 1. The summed E-state index contributed by atoms with van der Waals surface area (Å²) in [4.78, 5) is 31.2. The van der Waals surface area contributed by atoms with E-state index >= 15 is 0 Å². The molecule has 0 atom stereocenters. The second-order valence-electron chi connectivity index (χ2n) is 5.64. The summed E-state index contributed by atoms with van der Waals surface area (Å²) in [7, 11) is 0. The van der Waals surface area contributed by atoms with Crippen molar-refractivity contribution in [2.75, 3.05) is 36.4 Å². The minimum absolute atomic E-state index is 0.298. The van der Waals surface area contributed by atoms with Gasteiger partial charge >= 0.3 is 0 Å².